The van der Waals surface area contributed by atoms with Gasteiger partial charge in [-0.25, -0.2) is 0 Å². The maximum Gasteiger partial charge on any atom is 0.227 e. The van der Waals surface area contributed by atoms with Crippen LogP contribution in [0.15, 0.2) is 23.9 Å². The Morgan fingerprint density at radius 2 is 1.97 bits per heavy atom. The Kier molecular flexibility index (Phi) is 6.59. The SMILES string of the molecule is CC(C)/C(N)=C/C(=O)CNc1nc(Nc2cc(C3CC3)[nH]n2)cc(N2CCN(C)CC2)n1. The summed E-state index contributed by atoms with van der Waals surface area (Å²) < 4.78 is 0. The van der Waals surface area contributed by atoms with Gasteiger partial charge in [0.2, 0.25) is 5.95 Å². The van der Waals surface area contributed by atoms with Crippen molar-refractivity contribution in [1.82, 2.24) is 25.1 Å². The van der Waals surface area contributed by atoms with Crippen LogP contribution in [0.3, 0.4) is 0 Å². The van der Waals surface area contributed by atoms with Crippen molar-refractivity contribution < 1.29 is 4.79 Å². The Morgan fingerprint density at radius 3 is 2.66 bits per heavy atom. The molecule has 2 aliphatic rings. The van der Waals surface area contributed by atoms with Crippen LogP contribution in [0.2, 0.25) is 0 Å². The zero-order chi connectivity index (χ0) is 22.7. The second-order valence-electron chi connectivity index (χ2n) is 8.95. The summed E-state index contributed by atoms with van der Waals surface area (Å²) in [5, 5.41) is 13.8. The van der Waals surface area contributed by atoms with E-state index >= 15 is 0 Å². The molecule has 0 unspecified atom stereocenters. The lowest BCUT2D eigenvalue weighted by molar-refractivity contribution is -0.113. The number of aromatic nitrogens is 4. The molecule has 2 aromatic rings. The topological polar surface area (TPSA) is 128 Å². The van der Waals surface area contributed by atoms with E-state index in [1.54, 1.807) is 0 Å². The third-order valence-electron chi connectivity index (χ3n) is 5.83. The Hall–Kier alpha value is -3.14. The summed E-state index contributed by atoms with van der Waals surface area (Å²) in [4.78, 5) is 26.0. The van der Waals surface area contributed by atoms with E-state index in [0.717, 1.165) is 43.5 Å². The zero-order valence-electron chi connectivity index (χ0n) is 19.1. The van der Waals surface area contributed by atoms with Crippen LogP contribution in [0, 0.1) is 5.92 Å². The van der Waals surface area contributed by atoms with Crippen molar-refractivity contribution in [3.63, 3.8) is 0 Å². The van der Waals surface area contributed by atoms with Crippen molar-refractivity contribution >= 4 is 29.2 Å². The lowest BCUT2D eigenvalue weighted by Crippen LogP contribution is -2.44. The van der Waals surface area contributed by atoms with Crippen LogP contribution in [-0.4, -0.2) is 70.6 Å². The fourth-order valence-electron chi connectivity index (χ4n) is 3.48. The van der Waals surface area contributed by atoms with Gasteiger partial charge in [-0.3, -0.25) is 9.89 Å². The molecular formula is C22H33N9O. The van der Waals surface area contributed by atoms with Gasteiger partial charge in [0.05, 0.1) is 6.54 Å². The quantitative estimate of drug-likeness (QED) is 0.434. The number of carbonyl (C=O) groups is 1. The fraction of sp³-hybridized carbons (Fsp3) is 0.545. The number of nitrogens with one attached hydrogen (secondary N) is 3. The molecule has 2 fully saturated rings. The van der Waals surface area contributed by atoms with E-state index in [-0.39, 0.29) is 18.2 Å². The van der Waals surface area contributed by atoms with Gasteiger partial charge in [-0.05, 0) is 25.8 Å². The lowest BCUT2D eigenvalue weighted by atomic mass is 10.1. The van der Waals surface area contributed by atoms with Crippen molar-refractivity contribution in [3.05, 3.63) is 29.6 Å². The molecule has 1 saturated heterocycles. The van der Waals surface area contributed by atoms with Crippen molar-refractivity contribution in [3.8, 4) is 0 Å². The highest BCUT2D eigenvalue weighted by molar-refractivity contribution is 5.93. The molecule has 10 nitrogen and oxygen atoms in total. The normalized spacial score (nSPS) is 17.6. The Labute approximate surface area is 188 Å². The highest BCUT2D eigenvalue weighted by Gasteiger charge is 2.25. The number of carbonyl (C=O) groups excluding carboxylic acids is 1. The van der Waals surface area contributed by atoms with Crippen LogP contribution in [-0.2, 0) is 4.79 Å². The van der Waals surface area contributed by atoms with E-state index in [2.05, 4.69) is 47.6 Å². The van der Waals surface area contributed by atoms with Crippen LogP contribution in [0.1, 0.15) is 38.3 Å². The highest BCUT2D eigenvalue weighted by Crippen LogP contribution is 2.39. The number of nitrogens with zero attached hydrogens (tertiary/aromatic N) is 5. The molecule has 0 amide bonds. The van der Waals surface area contributed by atoms with E-state index in [1.807, 2.05) is 26.0 Å². The van der Waals surface area contributed by atoms with Gasteiger partial charge >= 0.3 is 0 Å². The molecule has 0 radical (unpaired) electrons. The Morgan fingerprint density at radius 1 is 1.22 bits per heavy atom. The molecule has 32 heavy (non-hydrogen) atoms. The molecule has 0 atom stereocenters. The molecule has 4 rings (SSSR count). The average Bonchev–Trinajstić information content (AvgIpc) is 3.52. The van der Waals surface area contributed by atoms with Gasteiger partial charge in [0, 0.05) is 61.7 Å². The minimum absolute atomic E-state index is 0.0767. The second-order valence-corrected chi connectivity index (χ2v) is 8.95. The van der Waals surface area contributed by atoms with Gasteiger partial charge in [0.25, 0.3) is 0 Å². The molecule has 3 heterocycles. The molecule has 1 aliphatic heterocycles. The van der Waals surface area contributed by atoms with Gasteiger partial charge in [0.1, 0.15) is 11.6 Å². The van der Waals surface area contributed by atoms with Crippen molar-refractivity contribution in [2.75, 3.05) is 55.3 Å². The highest BCUT2D eigenvalue weighted by atomic mass is 16.1. The monoisotopic (exact) mass is 439 g/mol. The molecule has 2 aromatic heterocycles. The van der Waals surface area contributed by atoms with Crippen LogP contribution in [0.25, 0.3) is 0 Å². The maximum absolute atomic E-state index is 12.3. The minimum Gasteiger partial charge on any atom is -0.402 e. The number of rotatable bonds is 9. The minimum atomic E-state index is -0.110. The average molecular weight is 440 g/mol. The summed E-state index contributed by atoms with van der Waals surface area (Å²) in [7, 11) is 2.12. The second kappa shape index (κ2) is 9.56. The third-order valence-corrected chi connectivity index (χ3v) is 5.83. The van der Waals surface area contributed by atoms with Gasteiger partial charge in [-0.1, -0.05) is 13.8 Å². The number of nitrogens with two attached hydrogens (primary N) is 1. The molecule has 1 aliphatic carbocycles. The molecule has 0 aromatic carbocycles. The van der Waals surface area contributed by atoms with Gasteiger partial charge < -0.3 is 26.2 Å². The van der Waals surface area contributed by atoms with Crippen molar-refractivity contribution in [1.29, 1.82) is 0 Å². The number of piperazine rings is 1. The van der Waals surface area contributed by atoms with E-state index in [9.17, 15) is 4.79 Å². The summed E-state index contributed by atoms with van der Waals surface area (Å²) in [6.07, 6.45) is 3.89. The predicted molar refractivity (Wildman–Crippen MR) is 126 cm³/mol. The van der Waals surface area contributed by atoms with Crippen LogP contribution >= 0.6 is 0 Å². The zero-order valence-corrected chi connectivity index (χ0v) is 19.1. The summed E-state index contributed by atoms with van der Waals surface area (Å²) >= 11 is 0. The molecule has 172 valence electrons. The molecule has 0 bridgehead atoms. The summed E-state index contributed by atoms with van der Waals surface area (Å²) in [6, 6.07) is 3.96. The summed E-state index contributed by atoms with van der Waals surface area (Å²) in [5.74, 6) is 3.19. The number of ketones is 1. The fourth-order valence-corrected chi connectivity index (χ4v) is 3.48. The lowest BCUT2D eigenvalue weighted by Gasteiger charge is -2.33. The first-order chi connectivity index (χ1) is 15.4. The number of H-pyrrole nitrogens is 1. The van der Waals surface area contributed by atoms with Crippen molar-refractivity contribution in [2.45, 2.75) is 32.6 Å². The smallest absolute Gasteiger partial charge is 0.227 e. The van der Waals surface area contributed by atoms with Crippen molar-refractivity contribution in [2.24, 2.45) is 11.7 Å². The molecular weight excluding hydrogens is 406 g/mol. The van der Waals surface area contributed by atoms with E-state index in [0.29, 0.717) is 23.4 Å². The van der Waals surface area contributed by atoms with Crippen LogP contribution < -0.4 is 21.3 Å². The predicted octanol–water partition coefficient (Wildman–Crippen LogP) is 2.05. The van der Waals surface area contributed by atoms with E-state index < -0.39 is 0 Å². The molecule has 1 saturated carbocycles. The molecule has 0 spiro atoms. The number of hydrogen-bond acceptors (Lipinski definition) is 9. The Bertz CT molecular complexity index is 972. The van der Waals surface area contributed by atoms with Gasteiger partial charge in [-0.2, -0.15) is 15.1 Å². The summed E-state index contributed by atoms with van der Waals surface area (Å²) in [5.41, 5.74) is 7.63. The largest absolute Gasteiger partial charge is 0.402 e. The van der Waals surface area contributed by atoms with Crippen LogP contribution in [0.5, 0.6) is 0 Å². The number of hydrogen-bond donors (Lipinski definition) is 4. The van der Waals surface area contributed by atoms with E-state index in [4.69, 9.17) is 5.73 Å². The van der Waals surface area contributed by atoms with E-state index in [1.165, 1.54) is 18.9 Å². The number of likely N-dealkylation sites (N-methyl/N-ethyl adjacent to an activating group) is 1. The molecule has 5 N–H and O–H groups in total. The first-order valence-electron chi connectivity index (χ1n) is 11.3. The molecule has 10 heteroatoms. The first kappa shape index (κ1) is 22.1. The maximum atomic E-state index is 12.3. The number of aromatic amines is 1. The van der Waals surface area contributed by atoms with Crippen LogP contribution in [0.4, 0.5) is 23.4 Å². The number of anilines is 4. The Balaban J connectivity index is 1.51. The standard InChI is InChI=1S/C22H33N9O/c1-14(2)17(23)10-16(32)13-24-22-26-19(25-20-11-18(28-29-20)15-4-5-15)12-21(27-22)31-8-6-30(3)7-9-31/h10-12,14-15H,4-9,13,23H2,1-3H3,(H3,24,25,26,27,28,29)/b17-10-. The third kappa shape index (κ3) is 5.76. The van der Waals surface area contributed by atoms with Gasteiger partial charge in [0.15, 0.2) is 11.6 Å². The number of allylic oxidation sites excluding steroid dienone is 1. The summed E-state index contributed by atoms with van der Waals surface area (Å²) in [6.45, 7) is 7.69. The van der Waals surface area contributed by atoms with Gasteiger partial charge in [-0.15, -0.1) is 0 Å². The first-order valence-corrected chi connectivity index (χ1v) is 11.3.